The van der Waals surface area contributed by atoms with Crippen molar-refractivity contribution in [3.8, 4) is 0 Å². The van der Waals surface area contributed by atoms with Crippen LogP contribution in [-0.2, 0) is 13.1 Å². The van der Waals surface area contributed by atoms with Crippen molar-refractivity contribution in [3.05, 3.63) is 71.8 Å². The van der Waals surface area contributed by atoms with Crippen LogP contribution in [-0.4, -0.2) is 47.0 Å². The summed E-state index contributed by atoms with van der Waals surface area (Å²) in [7, 11) is 3.88. The molecule has 0 aromatic heterocycles. The van der Waals surface area contributed by atoms with Crippen molar-refractivity contribution in [2.24, 2.45) is 5.10 Å². The summed E-state index contributed by atoms with van der Waals surface area (Å²) in [6, 6.07) is 21.0. The number of hydrazone groups is 1. The predicted molar refractivity (Wildman–Crippen MR) is 118 cm³/mol. The van der Waals surface area contributed by atoms with Gasteiger partial charge in [-0.1, -0.05) is 67.6 Å². The van der Waals surface area contributed by atoms with Crippen molar-refractivity contribution >= 4 is 5.71 Å². The summed E-state index contributed by atoms with van der Waals surface area (Å²) in [5.74, 6) is 0. The third kappa shape index (κ3) is 7.45. The lowest BCUT2D eigenvalue weighted by Crippen LogP contribution is -2.41. The second-order valence-electron chi connectivity index (χ2n) is 7.59. The summed E-state index contributed by atoms with van der Waals surface area (Å²) in [6.45, 7) is 5.89. The lowest BCUT2D eigenvalue weighted by molar-refractivity contribution is 0.0450. The summed E-state index contributed by atoms with van der Waals surface area (Å²) in [4.78, 5) is 2.37. The van der Waals surface area contributed by atoms with E-state index in [1.165, 1.54) is 11.1 Å². The Bertz CT molecular complexity index is 659. The van der Waals surface area contributed by atoms with Crippen LogP contribution in [0.25, 0.3) is 0 Å². The van der Waals surface area contributed by atoms with Gasteiger partial charge in [0, 0.05) is 38.9 Å². The van der Waals surface area contributed by atoms with Crippen LogP contribution in [0.1, 0.15) is 44.2 Å². The zero-order valence-corrected chi connectivity index (χ0v) is 17.8. The summed E-state index contributed by atoms with van der Waals surface area (Å²) >= 11 is 0. The Morgan fingerprint density at radius 1 is 0.929 bits per heavy atom. The van der Waals surface area contributed by atoms with Crippen LogP contribution in [0.4, 0.5) is 0 Å². The van der Waals surface area contributed by atoms with Gasteiger partial charge >= 0.3 is 0 Å². The van der Waals surface area contributed by atoms with Gasteiger partial charge in [0.1, 0.15) is 0 Å². The topological polar surface area (TPSA) is 39.1 Å². The molecule has 2 aromatic carbocycles. The maximum atomic E-state index is 10.9. The van der Waals surface area contributed by atoms with Crippen LogP contribution in [0.15, 0.2) is 65.8 Å². The van der Waals surface area contributed by atoms with Crippen molar-refractivity contribution in [2.75, 3.05) is 14.1 Å². The highest BCUT2D eigenvalue weighted by Crippen LogP contribution is 2.18. The van der Waals surface area contributed by atoms with Gasteiger partial charge in [0.25, 0.3) is 0 Å². The molecule has 0 fully saturated rings. The first-order chi connectivity index (χ1) is 13.5. The van der Waals surface area contributed by atoms with Gasteiger partial charge in [-0.05, 0) is 37.3 Å². The van der Waals surface area contributed by atoms with Gasteiger partial charge in [-0.3, -0.25) is 4.90 Å². The van der Waals surface area contributed by atoms with Crippen molar-refractivity contribution < 1.29 is 5.11 Å². The third-order valence-corrected chi connectivity index (χ3v) is 5.07. The Kier molecular flexibility index (Phi) is 9.18. The number of rotatable bonds is 11. The standard InChI is InChI=1S/C24H35N3O/c1-5-23(25-26(3)4)16-17-24(28)20(2)27(18-21-12-8-6-9-13-21)19-22-14-10-7-11-15-22/h6-15,20,24,28H,5,16-19H2,1-4H3/b25-23+/t20-,24-/m0/s1. The Labute approximate surface area is 170 Å². The Morgan fingerprint density at radius 3 is 1.86 bits per heavy atom. The molecule has 0 aliphatic rings. The number of hydrogen-bond donors (Lipinski definition) is 1. The second kappa shape index (κ2) is 11.6. The van der Waals surface area contributed by atoms with E-state index in [1.807, 2.05) is 31.2 Å². The summed E-state index contributed by atoms with van der Waals surface area (Å²) in [5.41, 5.74) is 3.66. The molecule has 2 rings (SSSR count). The predicted octanol–water partition coefficient (Wildman–Crippen LogP) is 4.55. The Balaban J connectivity index is 2.07. The number of nitrogens with zero attached hydrogens (tertiary/aromatic N) is 3. The molecule has 0 aliphatic heterocycles. The van der Waals surface area contributed by atoms with E-state index in [-0.39, 0.29) is 6.04 Å². The Hall–Kier alpha value is -2.17. The SMILES string of the molecule is CC/C(CC[C@H](O)[C@H](C)N(Cc1ccccc1)Cc1ccccc1)=N\N(C)C. The minimum atomic E-state index is -0.397. The van der Waals surface area contributed by atoms with E-state index in [2.05, 4.69) is 72.4 Å². The zero-order valence-electron chi connectivity index (χ0n) is 17.8. The minimum absolute atomic E-state index is 0.0536. The molecule has 0 spiro atoms. The molecular weight excluding hydrogens is 346 g/mol. The smallest absolute Gasteiger partial charge is 0.0696 e. The van der Waals surface area contributed by atoms with E-state index < -0.39 is 6.10 Å². The van der Waals surface area contributed by atoms with Crippen molar-refractivity contribution in [1.82, 2.24) is 9.91 Å². The molecule has 28 heavy (non-hydrogen) atoms. The highest BCUT2D eigenvalue weighted by Gasteiger charge is 2.22. The van der Waals surface area contributed by atoms with Gasteiger partial charge in [-0.2, -0.15) is 5.10 Å². The maximum absolute atomic E-state index is 10.9. The Morgan fingerprint density at radius 2 is 1.43 bits per heavy atom. The van der Waals surface area contributed by atoms with Gasteiger partial charge in [0.15, 0.2) is 0 Å². The lowest BCUT2D eigenvalue weighted by Gasteiger charge is -2.33. The first kappa shape index (κ1) is 22.1. The molecule has 0 unspecified atom stereocenters. The highest BCUT2D eigenvalue weighted by atomic mass is 16.3. The quantitative estimate of drug-likeness (QED) is 0.459. The van der Waals surface area contributed by atoms with E-state index in [0.29, 0.717) is 0 Å². The molecule has 0 radical (unpaired) electrons. The van der Waals surface area contributed by atoms with Gasteiger partial charge in [-0.15, -0.1) is 0 Å². The summed E-state index contributed by atoms with van der Waals surface area (Å²) in [6.07, 6.45) is 2.06. The second-order valence-corrected chi connectivity index (χ2v) is 7.59. The molecule has 0 aliphatic carbocycles. The van der Waals surface area contributed by atoms with Crippen LogP contribution in [0.3, 0.4) is 0 Å². The minimum Gasteiger partial charge on any atom is -0.391 e. The number of benzene rings is 2. The molecule has 2 aromatic rings. The molecule has 0 amide bonds. The summed E-state index contributed by atoms with van der Waals surface area (Å²) in [5, 5.41) is 17.3. The van der Waals surface area contributed by atoms with E-state index in [1.54, 1.807) is 0 Å². The van der Waals surface area contributed by atoms with E-state index in [4.69, 9.17) is 0 Å². The van der Waals surface area contributed by atoms with Crippen molar-refractivity contribution in [3.63, 3.8) is 0 Å². The average Bonchev–Trinajstić information content (AvgIpc) is 2.71. The van der Waals surface area contributed by atoms with E-state index in [9.17, 15) is 5.11 Å². The molecule has 0 saturated carbocycles. The van der Waals surface area contributed by atoms with Crippen molar-refractivity contribution in [2.45, 2.75) is 58.3 Å². The van der Waals surface area contributed by atoms with Crippen LogP contribution in [0.5, 0.6) is 0 Å². The first-order valence-corrected chi connectivity index (χ1v) is 10.2. The molecule has 2 atom stereocenters. The van der Waals surface area contributed by atoms with E-state index in [0.717, 1.165) is 38.1 Å². The number of aliphatic hydroxyl groups excluding tert-OH is 1. The normalized spacial score (nSPS) is 14.1. The molecule has 0 heterocycles. The molecule has 1 N–H and O–H groups in total. The van der Waals surface area contributed by atoms with Crippen LogP contribution < -0.4 is 0 Å². The monoisotopic (exact) mass is 381 g/mol. The number of aliphatic hydroxyl groups is 1. The fourth-order valence-corrected chi connectivity index (χ4v) is 3.36. The number of hydrogen-bond acceptors (Lipinski definition) is 4. The zero-order chi connectivity index (χ0) is 20.4. The lowest BCUT2D eigenvalue weighted by atomic mass is 10.0. The molecule has 4 nitrogen and oxygen atoms in total. The fourth-order valence-electron chi connectivity index (χ4n) is 3.36. The van der Waals surface area contributed by atoms with Gasteiger partial charge in [0.2, 0.25) is 0 Å². The largest absolute Gasteiger partial charge is 0.391 e. The average molecular weight is 382 g/mol. The van der Waals surface area contributed by atoms with Crippen LogP contribution in [0.2, 0.25) is 0 Å². The molecule has 0 bridgehead atoms. The highest BCUT2D eigenvalue weighted by molar-refractivity contribution is 5.83. The summed E-state index contributed by atoms with van der Waals surface area (Å²) < 4.78 is 0. The fraction of sp³-hybridized carbons (Fsp3) is 0.458. The molecule has 4 heteroatoms. The van der Waals surface area contributed by atoms with Crippen LogP contribution in [0, 0.1) is 0 Å². The molecule has 152 valence electrons. The van der Waals surface area contributed by atoms with Gasteiger partial charge < -0.3 is 10.1 Å². The van der Waals surface area contributed by atoms with E-state index >= 15 is 0 Å². The van der Waals surface area contributed by atoms with Crippen LogP contribution >= 0.6 is 0 Å². The van der Waals surface area contributed by atoms with Crippen molar-refractivity contribution in [1.29, 1.82) is 0 Å². The maximum Gasteiger partial charge on any atom is 0.0696 e. The van der Waals surface area contributed by atoms with Gasteiger partial charge in [0.05, 0.1) is 6.10 Å². The van der Waals surface area contributed by atoms with Gasteiger partial charge in [-0.25, -0.2) is 0 Å². The first-order valence-electron chi connectivity index (χ1n) is 10.2. The molecule has 0 saturated heterocycles. The third-order valence-electron chi connectivity index (χ3n) is 5.07. The molecular formula is C24H35N3O.